The lowest BCUT2D eigenvalue weighted by Crippen LogP contribution is -2.41. The molecular formula is C22H25BFNO3. The minimum absolute atomic E-state index is 0.0958. The zero-order valence-electron chi connectivity index (χ0n) is 16.7. The van der Waals surface area contributed by atoms with Crippen molar-refractivity contribution in [1.29, 1.82) is 0 Å². The molecule has 0 spiro atoms. The summed E-state index contributed by atoms with van der Waals surface area (Å²) >= 11 is 0. The largest absolute Gasteiger partial charge is 0.494 e. The number of carbonyl (C=O) groups excluding carboxylic acids is 1. The van der Waals surface area contributed by atoms with Gasteiger partial charge in [-0.1, -0.05) is 24.3 Å². The molecule has 6 heteroatoms. The van der Waals surface area contributed by atoms with Gasteiger partial charge in [0.1, 0.15) is 5.82 Å². The van der Waals surface area contributed by atoms with Crippen LogP contribution in [0.2, 0.25) is 0 Å². The van der Waals surface area contributed by atoms with E-state index in [4.69, 9.17) is 9.31 Å². The van der Waals surface area contributed by atoms with Crippen LogP contribution in [0.1, 0.15) is 46.1 Å². The lowest BCUT2D eigenvalue weighted by Gasteiger charge is -2.32. The third kappa shape index (κ3) is 3.25. The molecule has 1 aliphatic heterocycles. The van der Waals surface area contributed by atoms with E-state index in [9.17, 15) is 9.18 Å². The molecule has 0 aromatic heterocycles. The molecule has 28 heavy (non-hydrogen) atoms. The summed E-state index contributed by atoms with van der Waals surface area (Å²) in [5.41, 5.74) is 0.934. The highest BCUT2D eigenvalue weighted by molar-refractivity contribution is 6.62. The first-order valence-corrected chi connectivity index (χ1v) is 9.66. The maximum Gasteiger partial charge on any atom is 0.494 e. The van der Waals surface area contributed by atoms with Crippen molar-refractivity contribution in [2.24, 2.45) is 0 Å². The highest BCUT2D eigenvalue weighted by atomic mass is 19.1. The van der Waals surface area contributed by atoms with Crippen LogP contribution in [0.25, 0.3) is 0 Å². The van der Waals surface area contributed by atoms with E-state index in [1.807, 2.05) is 58.0 Å². The molecule has 0 unspecified atom stereocenters. The number of nitrogens with one attached hydrogen (secondary N) is 1. The predicted molar refractivity (Wildman–Crippen MR) is 108 cm³/mol. The van der Waals surface area contributed by atoms with Crippen LogP contribution in [-0.2, 0) is 19.5 Å². The summed E-state index contributed by atoms with van der Waals surface area (Å²) in [5.74, 6) is -0.412. The number of halogens is 1. The van der Waals surface area contributed by atoms with E-state index in [0.717, 1.165) is 23.9 Å². The molecule has 146 valence electrons. The molecular weight excluding hydrogens is 356 g/mol. The number of anilines is 1. The smallest absolute Gasteiger partial charge is 0.399 e. The van der Waals surface area contributed by atoms with Gasteiger partial charge in [-0.3, -0.25) is 4.79 Å². The van der Waals surface area contributed by atoms with Crippen molar-refractivity contribution < 1.29 is 18.5 Å². The van der Waals surface area contributed by atoms with Crippen LogP contribution >= 0.6 is 0 Å². The lowest BCUT2D eigenvalue weighted by atomic mass is 9.79. The summed E-state index contributed by atoms with van der Waals surface area (Å²) in [6.45, 7) is 8.07. The quantitative estimate of drug-likeness (QED) is 0.820. The molecule has 2 fully saturated rings. The Morgan fingerprint density at radius 2 is 1.61 bits per heavy atom. The Morgan fingerprint density at radius 1 is 1.00 bits per heavy atom. The average molecular weight is 381 g/mol. The van der Waals surface area contributed by atoms with E-state index < -0.39 is 23.7 Å². The number of hydrogen-bond donors (Lipinski definition) is 1. The first-order valence-electron chi connectivity index (χ1n) is 9.66. The first kappa shape index (κ1) is 19.2. The highest BCUT2D eigenvalue weighted by Gasteiger charge is 2.52. The molecule has 1 heterocycles. The molecule has 2 aromatic rings. The summed E-state index contributed by atoms with van der Waals surface area (Å²) in [6.07, 6.45) is 1.46. The van der Waals surface area contributed by atoms with Crippen LogP contribution in [0.15, 0.2) is 48.5 Å². The third-order valence-corrected chi connectivity index (χ3v) is 6.26. The Labute approximate surface area is 165 Å². The van der Waals surface area contributed by atoms with Crippen LogP contribution in [-0.4, -0.2) is 24.2 Å². The molecule has 2 aromatic carbocycles. The predicted octanol–water partition coefficient (Wildman–Crippen LogP) is 3.80. The second kappa shape index (κ2) is 6.43. The van der Waals surface area contributed by atoms with Gasteiger partial charge >= 0.3 is 7.12 Å². The average Bonchev–Trinajstić information content (AvgIpc) is 3.39. The van der Waals surface area contributed by atoms with Crippen molar-refractivity contribution in [1.82, 2.24) is 0 Å². The zero-order valence-corrected chi connectivity index (χ0v) is 16.7. The fourth-order valence-electron chi connectivity index (χ4n) is 3.51. The summed E-state index contributed by atoms with van der Waals surface area (Å²) in [4.78, 5) is 12.8. The summed E-state index contributed by atoms with van der Waals surface area (Å²) < 4.78 is 25.7. The summed E-state index contributed by atoms with van der Waals surface area (Å²) in [7, 11) is -0.434. The van der Waals surface area contributed by atoms with Crippen LogP contribution in [0, 0.1) is 5.82 Å². The normalized spacial score (nSPS) is 21.4. The van der Waals surface area contributed by atoms with E-state index in [1.54, 1.807) is 6.07 Å². The van der Waals surface area contributed by atoms with Gasteiger partial charge in [-0.15, -0.1) is 0 Å². The molecule has 4 rings (SSSR count). The highest BCUT2D eigenvalue weighted by Crippen LogP contribution is 2.49. The minimum atomic E-state index is -0.619. The molecule has 1 amide bonds. The van der Waals surface area contributed by atoms with E-state index in [0.29, 0.717) is 5.69 Å². The molecule has 0 radical (unpaired) electrons. The Morgan fingerprint density at radius 3 is 2.14 bits per heavy atom. The fourth-order valence-corrected chi connectivity index (χ4v) is 3.51. The lowest BCUT2D eigenvalue weighted by molar-refractivity contribution is -0.118. The van der Waals surface area contributed by atoms with E-state index in [1.165, 1.54) is 12.1 Å². The molecule has 1 saturated carbocycles. The monoisotopic (exact) mass is 381 g/mol. The summed E-state index contributed by atoms with van der Waals surface area (Å²) in [5, 5.41) is 2.97. The molecule has 0 atom stereocenters. The Hall–Kier alpha value is -2.18. The van der Waals surface area contributed by atoms with Gasteiger partial charge < -0.3 is 14.6 Å². The third-order valence-electron chi connectivity index (χ3n) is 6.26. The number of carbonyl (C=O) groups is 1. The Kier molecular flexibility index (Phi) is 4.40. The van der Waals surface area contributed by atoms with Gasteiger partial charge in [0.25, 0.3) is 0 Å². The van der Waals surface area contributed by atoms with Crippen molar-refractivity contribution in [2.75, 3.05) is 5.32 Å². The molecule has 1 saturated heterocycles. The second-order valence-electron chi connectivity index (χ2n) is 8.76. The van der Waals surface area contributed by atoms with Crippen molar-refractivity contribution in [3.63, 3.8) is 0 Å². The van der Waals surface area contributed by atoms with Crippen LogP contribution < -0.4 is 10.8 Å². The van der Waals surface area contributed by atoms with Crippen molar-refractivity contribution in [2.45, 2.75) is 57.2 Å². The maximum absolute atomic E-state index is 13.6. The van der Waals surface area contributed by atoms with E-state index >= 15 is 0 Å². The Balaban J connectivity index is 1.46. The van der Waals surface area contributed by atoms with Crippen LogP contribution in [0.4, 0.5) is 10.1 Å². The zero-order chi connectivity index (χ0) is 20.2. The van der Waals surface area contributed by atoms with Gasteiger partial charge in [0.15, 0.2) is 0 Å². The standard InChI is InChI=1S/C22H25BFNO3/c1-20(2)21(3,4)28-23(27-20)16-8-10-18(11-9-16)25-19(26)22(12-13-22)15-6-5-7-17(24)14-15/h5-11,14H,12-13H2,1-4H3,(H,25,26). The van der Waals surface area contributed by atoms with E-state index in [-0.39, 0.29) is 11.7 Å². The number of hydrogen-bond acceptors (Lipinski definition) is 3. The second-order valence-corrected chi connectivity index (χ2v) is 8.76. The molecule has 0 bridgehead atoms. The molecule has 1 N–H and O–H groups in total. The van der Waals surface area contributed by atoms with Gasteiger partial charge in [0.2, 0.25) is 5.91 Å². The Bertz CT molecular complexity index is 890. The number of benzene rings is 2. The van der Waals surface area contributed by atoms with E-state index in [2.05, 4.69) is 5.32 Å². The first-order chi connectivity index (χ1) is 13.1. The van der Waals surface area contributed by atoms with Crippen molar-refractivity contribution >= 4 is 24.2 Å². The maximum atomic E-state index is 13.6. The van der Waals surface area contributed by atoms with Crippen LogP contribution in [0.3, 0.4) is 0 Å². The van der Waals surface area contributed by atoms with Crippen molar-refractivity contribution in [3.8, 4) is 0 Å². The van der Waals surface area contributed by atoms with Gasteiger partial charge in [-0.05, 0) is 75.8 Å². The summed E-state index contributed by atoms with van der Waals surface area (Å²) in [6, 6.07) is 13.8. The molecule has 4 nitrogen and oxygen atoms in total. The fraction of sp³-hybridized carbons (Fsp3) is 0.409. The van der Waals surface area contributed by atoms with Gasteiger partial charge in [0.05, 0.1) is 16.6 Å². The van der Waals surface area contributed by atoms with Gasteiger partial charge in [0, 0.05) is 5.69 Å². The van der Waals surface area contributed by atoms with Crippen molar-refractivity contribution in [3.05, 3.63) is 59.9 Å². The minimum Gasteiger partial charge on any atom is -0.399 e. The topological polar surface area (TPSA) is 47.6 Å². The number of rotatable bonds is 4. The molecule has 1 aliphatic carbocycles. The number of amides is 1. The molecule has 2 aliphatic rings. The van der Waals surface area contributed by atoms with Crippen LogP contribution in [0.5, 0.6) is 0 Å². The SMILES string of the molecule is CC1(C)OB(c2ccc(NC(=O)C3(c4cccc(F)c4)CC3)cc2)OC1(C)C. The van der Waals surface area contributed by atoms with Gasteiger partial charge in [-0.25, -0.2) is 4.39 Å². The van der Waals surface area contributed by atoms with Gasteiger partial charge in [-0.2, -0.15) is 0 Å².